The zero-order chi connectivity index (χ0) is 9.07. The van der Waals surface area contributed by atoms with Crippen LogP contribution in [0.3, 0.4) is 0 Å². The van der Waals surface area contributed by atoms with Crippen LogP contribution in [0.2, 0.25) is 0 Å². The molecule has 0 saturated heterocycles. The number of hydrogen-bond acceptors (Lipinski definition) is 1. The lowest BCUT2D eigenvalue weighted by atomic mass is 9.99. The van der Waals surface area contributed by atoms with Gasteiger partial charge < -0.3 is 5.32 Å². The lowest BCUT2D eigenvalue weighted by Crippen LogP contribution is -2.34. The Labute approximate surface area is 67.2 Å². The maximum atomic E-state index is 12.9. The van der Waals surface area contributed by atoms with Crippen molar-refractivity contribution in [2.24, 2.45) is 5.92 Å². The molecule has 1 nitrogen and oxygen atoms in total. The van der Waals surface area contributed by atoms with E-state index in [0.717, 1.165) is 0 Å². The first-order valence-electron chi connectivity index (χ1n) is 3.95. The summed E-state index contributed by atoms with van der Waals surface area (Å²) in [4.78, 5) is 0. The van der Waals surface area contributed by atoms with Crippen molar-refractivity contribution in [1.82, 2.24) is 5.32 Å². The van der Waals surface area contributed by atoms with Crippen LogP contribution in [0.5, 0.6) is 0 Å². The van der Waals surface area contributed by atoms with E-state index in [9.17, 15) is 8.78 Å². The molecule has 1 unspecified atom stereocenters. The van der Waals surface area contributed by atoms with E-state index in [0.29, 0.717) is 0 Å². The second kappa shape index (κ2) is 4.00. The van der Waals surface area contributed by atoms with Gasteiger partial charge in [-0.1, -0.05) is 13.8 Å². The van der Waals surface area contributed by atoms with Gasteiger partial charge in [-0.25, -0.2) is 8.78 Å². The van der Waals surface area contributed by atoms with Gasteiger partial charge in [-0.2, -0.15) is 0 Å². The maximum absolute atomic E-state index is 12.9. The zero-order valence-corrected chi connectivity index (χ0v) is 7.62. The van der Waals surface area contributed by atoms with Crippen LogP contribution in [0.15, 0.2) is 0 Å². The molecule has 0 aliphatic rings. The first kappa shape index (κ1) is 10.8. The SMILES string of the molecule is CNC(C)CC(F)(F)C(C)C. The molecule has 1 atom stereocenters. The van der Waals surface area contributed by atoms with E-state index in [1.165, 1.54) is 0 Å². The molecule has 0 rings (SSSR count). The molecular formula is C8H17F2N. The Morgan fingerprint density at radius 2 is 1.73 bits per heavy atom. The zero-order valence-electron chi connectivity index (χ0n) is 7.62. The van der Waals surface area contributed by atoms with Gasteiger partial charge in [-0.15, -0.1) is 0 Å². The van der Waals surface area contributed by atoms with Gasteiger partial charge in [0.1, 0.15) is 0 Å². The Morgan fingerprint density at radius 1 is 1.27 bits per heavy atom. The molecule has 0 fully saturated rings. The van der Waals surface area contributed by atoms with E-state index in [2.05, 4.69) is 5.32 Å². The molecule has 11 heavy (non-hydrogen) atoms. The lowest BCUT2D eigenvalue weighted by molar-refractivity contribution is -0.0580. The summed E-state index contributed by atoms with van der Waals surface area (Å²) in [5.41, 5.74) is 0. The summed E-state index contributed by atoms with van der Waals surface area (Å²) in [5, 5.41) is 2.80. The molecule has 1 N–H and O–H groups in total. The number of alkyl halides is 2. The monoisotopic (exact) mass is 165 g/mol. The fourth-order valence-electron chi connectivity index (χ4n) is 0.746. The van der Waals surface area contributed by atoms with Crippen LogP contribution in [-0.4, -0.2) is 19.0 Å². The van der Waals surface area contributed by atoms with Crippen molar-refractivity contribution in [3.63, 3.8) is 0 Å². The van der Waals surface area contributed by atoms with Gasteiger partial charge in [0.15, 0.2) is 0 Å². The molecule has 3 heteroatoms. The highest BCUT2D eigenvalue weighted by molar-refractivity contribution is 4.75. The van der Waals surface area contributed by atoms with Crippen LogP contribution >= 0.6 is 0 Å². The summed E-state index contributed by atoms with van der Waals surface area (Å²) in [6, 6.07) is -0.118. The van der Waals surface area contributed by atoms with Gasteiger partial charge in [0.2, 0.25) is 0 Å². The second-order valence-corrected chi connectivity index (χ2v) is 3.31. The molecule has 0 aromatic heterocycles. The molecule has 0 aromatic rings. The smallest absolute Gasteiger partial charge is 0.251 e. The van der Waals surface area contributed by atoms with Crippen LogP contribution in [0.25, 0.3) is 0 Å². The molecule has 0 amide bonds. The van der Waals surface area contributed by atoms with Crippen molar-refractivity contribution < 1.29 is 8.78 Å². The average Bonchev–Trinajstić information content (AvgIpc) is 1.86. The Morgan fingerprint density at radius 3 is 2.00 bits per heavy atom. The summed E-state index contributed by atoms with van der Waals surface area (Å²) in [6.45, 7) is 4.85. The van der Waals surface area contributed by atoms with E-state index in [1.807, 2.05) is 0 Å². The number of rotatable bonds is 4. The fraction of sp³-hybridized carbons (Fsp3) is 1.00. The largest absolute Gasteiger partial charge is 0.317 e. The van der Waals surface area contributed by atoms with E-state index in [4.69, 9.17) is 0 Å². The molecule has 0 aliphatic heterocycles. The summed E-state index contributed by atoms with van der Waals surface area (Å²) in [7, 11) is 1.70. The minimum absolute atomic E-state index is 0.0822. The molecule has 0 radical (unpaired) electrons. The van der Waals surface area contributed by atoms with Crippen molar-refractivity contribution >= 4 is 0 Å². The van der Waals surface area contributed by atoms with Gasteiger partial charge in [-0.05, 0) is 14.0 Å². The van der Waals surface area contributed by atoms with Crippen LogP contribution < -0.4 is 5.32 Å². The molecule has 0 bridgehead atoms. The topological polar surface area (TPSA) is 12.0 Å². The minimum Gasteiger partial charge on any atom is -0.317 e. The molecule has 0 aromatic carbocycles. The summed E-state index contributed by atoms with van der Waals surface area (Å²) in [6.07, 6.45) is -0.0822. The fourth-order valence-corrected chi connectivity index (χ4v) is 0.746. The number of hydrogen-bond donors (Lipinski definition) is 1. The van der Waals surface area contributed by atoms with Gasteiger partial charge in [-0.3, -0.25) is 0 Å². The highest BCUT2D eigenvalue weighted by Crippen LogP contribution is 2.28. The molecule has 0 spiro atoms. The third-order valence-electron chi connectivity index (χ3n) is 1.92. The van der Waals surface area contributed by atoms with Crippen LogP contribution in [-0.2, 0) is 0 Å². The van der Waals surface area contributed by atoms with Crippen LogP contribution in [0, 0.1) is 5.92 Å². The average molecular weight is 165 g/mol. The van der Waals surface area contributed by atoms with Gasteiger partial charge >= 0.3 is 0 Å². The molecule has 0 saturated carbocycles. The van der Waals surface area contributed by atoms with Crippen molar-refractivity contribution in [3.8, 4) is 0 Å². The summed E-state index contributed by atoms with van der Waals surface area (Å²) < 4.78 is 25.9. The maximum Gasteiger partial charge on any atom is 0.251 e. The number of halogens is 2. The predicted octanol–water partition coefficient (Wildman–Crippen LogP) is 2.28. The normalized spacial score (nSPS) is 15.5. The van der Waals surface area contributed by atoms with E-state index < -0.39 is 11.8 Å². The highest BCUT2D eigenvalue weighted by Gasteiger charge is 2.34. The molecule has 0 heterocycles. The van der Waals surface area contributed by atoms with Crippen molar-refractivity contribution in [1.29, 1.82) is 0 Å². The second-order valence-electron chi connectivity index (χ2n) is 3.31. The van der Waals surface area contributed by atoms with Gasteiger partial charge in [0.05, 0.1) is 0 Å². The minimum atomic E-state index is -2.54. The van der Waals surface area contributed by atoms with Gasteiger partial charge in [0.25, 0.3) is 5.92 Å². The molecule has 0 aliphatic carbocycles. The molecule has 68 valence electrons. The standard InChI is InChI=1S/C8H17F2N/c1-6(2)8(9,10)5-7(3)11-4/h6-7,11H,5H2,1-4H3. The first-order valence-corrected chi connectivity index (χ1v) is 3.95. The highest BCUT2D eigenvalue weighted by atomic mass is 19.3. The first-order chi connectivity index (χ1) is 4.90. The Bertz CT molecular complexity index is 113. The Hall–Kier alpha value is -0.180. The Kier molecular flexibility index (Phi) is 3.93. The van der Waals surface area contributed by atoms with Gasteiger partial charge in [0, 0.05) is 18.4 Å². The van der Waals surface area contributed by atoms with Crippen molar-refractivity contribution in [2.45, 2.75) is 39.2 Å². The Balaban J connectivity index is 3.90. The van der Waals surface area contributed by atoms with Crippen molar-refractivity contribution in [3.05, 3.63) is 0 Å². The summed E-state index contributed by atoms with van der Waals surface area (Å²) >= 11 is 0. The van der Waals surface area contributed by atoms with Crippen molar-refractivity contribution in [2.75, 3.05) is 7.05 Å². The van der Waals surface area contributed by atoms with Crippen LogP contribution in [0.4, 0.5) is 8.78 Å². The van der Waals surface area contributed by atoms with E-state index >= 15 is 0 Å². The third kappa shape index (κ3) is 3.65. The number of nitrogens with one attached hydrogen (secondary N) is 1. The third-order valence-corrected chi connectivity index (χ3v) is 1.92. The summed E-state index contributed by atoms with van der Waals surface area (Å²) in [5.74, 6) is -3.11. The quantitative estimate of drug-likeness (QED) is 0.673. The van der Waals surface area contributed by atoms with E-state index in [1.54, 1.807) is 27.8 Å². The van der Waals surface area contributed by atoms with Crippen LogP contribution in [0.1, 0.15) is 27.2 Å². The predicted molar refractivity (Wildman–Crippen MR) is 42.9 cm³/mol. The van der Waals surface area contributed by atoms with E-state index in [-0.39, 0.29) is 12.5 Å². The molecular weight excluding hydrogens is 148 g/mol. The lowest BCUT2D eigenvalue weighted by Gasteiger charge is -2.23.